The van der Waals surface area contributed by atoms with Crippen LogP contribution in [-0.2, 0) is 24.4 Å². The van der Waals surface area contributed by atoms with E-state index in [4.69, 9.17) is 20.0 Å². The Morgan fingerprint density at radius 2 is 1.97 bits per heavy atom. The number of benzene rings is 2. The minimum Gasteiger partial charge on any atom is -0.489 e. The van der Waals surface area contributed by atoms with Gasteiger partial charge in [0.05, 0.1) is 24.1 Å². The molecule has 0 aliphatic heterocycles. The molecule has 0 radical (unpaired) electrons. The van der Waals surface area contributed by atoms with Crippen LogP contribution in [0.3, 0.4) is 0 Å². The van der Waals surface area contributed by atoms with Gasteiger partial charge in [0.1, 0.15) is 17.9 Å². The van der Waals surface area contributed by atoms with Crippen molar-refractivity contribution in [1.82, 2.24) is 4.98 Å². The van der Waals surface area contributed by atoms with Crippen molar-refractivity contribution in [1.29, 1.82) is 0 Å². The average Bonchev–Trinajstić information content (AvgIpc) is 3.21. The molecule has 0 fully saturated rings. The highest BCUT2D eigenvalue weighted by Crippen LogP contribution is 2.31. The van der Waals surface area contributed by atoms with Gasteiger partial charge in [-0.15, -0.1) is 0 Å². The molecule has 3 N–H and O–H groups in total. The number of carboxylic acid groups (broad SMARTS) is 1. The van der Waals surface area contributed by atoms with Gasteiger partial charge < -0.3 is 20.0 Å². The van der Waals surface area contributed by atoms with E-state index >= 15 is 0 Å². The van der Waals surface area contributed by atoms with Crippen LogP contribution in [0.5, 0.6) is 5.75 Å². The number of aliphatic carboxylic acids is 1. The Labute approximate surface area is 167 Å². The summed E-state index contributed by atoms with van der Waals surface area (Å²) in [5, 5.41) is 10.0. The van der Waals surface area contributed by atoms with Crippen LogP contribution in [0.15, 0.2) is 71.3 Å². The molecule has 2 aromatic heterocycles. The van der Waals surface area contributed by atoms with E-state index in [-0.39, 0.29) is 6.42 Å². The summed E-state index contributed by atoms with van der Waals surface area (Å²) in [7, 11) is 0. The Morgan fingerprint density at radius 3 is 2.79 bits per heavy atom. The third-order valence-electron chi connectivity index (χ3n) is 4.61. The lowest BCUT2D eigenvalue weighted by molar-refractivity contribution is -0.136. The number of rotatable bonds is 7. The number of nitrogens with two attached hydrogens (primary N) is 1. The van der Waals surface area contributed by atoms with Crippen molar-refractivity contribution in [2.24, 2.45) is 5.73 Å². The first-order valence-corrected chi connectivity index (χ1v) is 9.23. The molecule has 0 aliphatic carbocycles. The molecule has 29 heavy (non-hydrogen) atoms. The van der Waals surface area contributed by atoms with Gasteiger partial charge in [-0.1, -0.05) is 24.3 Å². The van der Waals surface area contributed by atoms with Crippen molar-refractivity contribution in [2.45, 2.75) is 19.6 Å². The number of nitrogens with zero attached hydrogens (tertiary/aromatic N) is 1. The first-order valence-electron chi connectivity index (χ1n) is 9.23. The maximum atomic E-state index is 11.1. The number of furan rings is 1. The molecule has 4 rings (SSSR count). The topological polar surface area (TPSA) is 98.6 Å². The Bertz CT molecular complexity index is 1170. The number of carbonyl (C=O) groups is 1. The summed E-state index contributed by atoms with van der Waals surface area (Å²) in [6, 6.07) is 18.8. The van der Waals surface area contributed by atoms with Crippen LogP contribution < -0.4 is 10.5 Å². The van der Waals surface area contributed by atoms with Gasteiger partial charge in [-0.05, 0) is 42.0 Å². The molecule has 0 aliphatic rings. The highest BCUT2D eigenvalue weighted by atomic mass is 16.5. The van der Waals surface area contributed by atoms with Crippen molar-refractivity contribution < 1.29 is 19.1 Å². The van der Waals surface area contributed by atoms with E-state index in [9.17, 15) is 4.79 Å². The Kier molecular flexibility index (Phi) is 5.27. The van der Waals surface area contributed by atoms with E-state index in [0.29, 0.717) is 24.5 Å². The molecule has 0 unspecified atom stereocenters. The maximum Gasteiger partial charge on any atom is 0.307 e. The standard InChI is InChI=1S/C23H20N2O4/c24-13-18-5-3-6-20(25-18)19-11-15(10-17-8-9-28-23(17)19)14-29-21-7-2-1-4-16(21)12-22(26)27/h1-11H,12-14,24H2,(H,26,27). The summed E-state index contributed by atoms with van der Waals surface area (Å²) in [6.07, 6.45) is 1.56. The third kappa shape index (κ3) is 4.12. The number of para-hydroxylation sites is 1. The third-order valence-corrected chi connectivity index (χ3v) is 4.61. The second-order valence-corrected chi connectivity index (χ2v) is 6.67. The summed E-state index contributed by atoms with van der Waals surface area (Å²) in [5.41, 5.74) is 10.5. The number of ether oxygens (including phenoxy) is 1. The van der Waals surface area contributed by atoms with Crippen molar-refractivity contribution in [3.05, 3.63) is 83.7 Å². The number of hydrogen-bond acceptors (Lipinski definition) is 5. The molecule has 2 heterocycles. The molecule has 6 nitrogen and oxygen atoms in total. The predicted molar refractivity (Wildman–Crippen MR) is 109 cm³/mol. The number of pyridine rings is 1. The van der Waals surface area contributed by atoms with E-state index in [0.717, 1.165) is 33.5 Å². The summed E-state index contributed by atoms with van der Waals surface area (Å²) in [4.78, 5) is 15.7. The Hall–Kier alpha value is -3.64. The average molecular weight is 388 g/mol. The van der Waals surface area contributed by atoms with Crippen LogP contribution in [0.1, 0.15) is 16.8 Å². The largest absolute Gasteiger partial charge is 0.489 e. The molecule has 2 aromatic carbocycles. The summed E-state index contributed by atoms with van der Waals surface area (Å²) in [5.74, 6) is -0.332. The summed E-state index contributed by atoms with van der Waals surface area (Å²) >= 11 is 0. The first-order chi connectivity index (χ1) is 14.1. The quantitative estimate of drug-likeness (QED) is 0.493. The van der Waals surface area contributed by atoms with E-state index in [1.165, 1.54) is 0 Å². The lowest BCUT2D eigenvalue weighted by Crippen LogP contribution is -2.04. The number of hydrogen-bond donors (Lipinski definition) is 2. The molecule has 0 saturated heterocycles. The van der Waals surface area contributed by atoms with Crippen LogP contribution in [0.2, 0.25) is 0 Å². The molecular weight excluding hydrogens is 368 g/mol. The van der Waals surface area contributed by atoms with Gasteiger partial charge in [-0.25, -0.2) is 0 Å². The number of carboxylic acids is 1. The highest BCUT2D eigenvalue weighted by Gasteiger charge is 2.13. The van der Waals surface area contributed by atoms with Crippen LogP contribution in [-0.4, -0.2) is 16.1 Å². The molecule has 0 spiro atoms. The van der Waals surface area contributed by atoms with E-state index in [2.05, 4.69) is 4.98 Å². The molecule has 0 amide bonds. The fourth-order valence-electron chi connectivity index (χ4n) is 3.28. The first kappa shape index (κ1) is 18.7. The SMILES string of the molecule is NCc1cccc(-c2cc(COc3ccccc3CC(=O)O)cc3ccoc23)n1. The highest BCUT2D eigenvalue weighted by molar-refractivity contribution is 5.92. The van der Waals surface area contributed by atoms with Gasteiger partial charge in [-0.3, -0.25) is 9.78 Å². The van der Waals surface area contributed by atoms with Crippen molar-refractivity contribution in [3.8, 4) is 17.0 Å². The number of fused-ring (bicyclic) bond motifs is 1. The normalized spacial score (nSPS) is 10.9. The van der Waals surface area contributed by atoms with Gasteiger partial charge in [0, 0.05) is 23.1 Å². The molecule has 6 heteroatoms. The Morgan fingerprint density at radius 1 is 1.10 bits per heavy atom. The fourth-order valence-corrected chi connectivity index (χ4v) is 3.28. The Balaban J connectivity index is 1.67. The van der Waals surface area contributed by atoms with E-state index in [1.54, 1.807) is 24.5 Å². The van der Waals surface area contributed by atoms with Gasteiger partial charge in [-0.2, -0.15) is 0 Å². The summed E-state index contributed by atoms with van der Waals surface area (Å²) < 4.78 is 11.6. The second-order valence-electron chi connectivity index (χ2n) is 6.67. The van der Waals surface area contributed by atoms with Crippen molar-refractivity contribution in [2.75, 3.05) is 0 Å². The molecule has 146 valence electrons. The van der Waals surface area contributed by atoms with E-state index < -0.39 is 5.97 Å². The van der Waals surface area contributed by atoms with Crippen LogP contribution >= 0.6 is 0 Å². The van der Waals surface area contributed by atoms with Crippen LogP contribution in [0, 0.1) is 0 Å². The monoisotopic (exact) mass is 388 g/mol. The lowest BCUT2D eigenvalue weighted by atomic mass is 10.0. The molecule has 0 bridgehead atoms. The van der Waals surface area contributed by atoms with Gasteiger partial charge in [0.15, 0.2) is 0 Å². The minimum atomic E-state index is -0.894. The zero-order chi connectivity index (χ0) is 20.2. The van der Waals surface area contributed by atoms with Gasteiger partial charge in [0.25, 0.3) is 0 Å². The maximum absolute atomic E-state index is 11.1. The van der Waals surface area contributed by atoms with Crippen LogP contribution in [0.4, 0.5) is 0 Å². The number of aromatic nitrogens is 1. The lowest BCUT2D eigenvalue weighted by Gasteiger charge is -2.12. The van der Waals surface area contributed by atoms with Crippen molar-refractivity contribution in [3.63, 3.8) is 0 Å². The molecule has 4 aromatic rings. The minimum absolute atomic E-state index is 0.0853. The van der Waals surface area contributed by atoms with Gasteiger partial charge in [0.2, 0.25) is 0 Å². The fraction of sp³-hybridized carbons (Fsp3) is 0.130. The summed E-state index contributed by atoms with van der Waals surface area (Å²) in [6.45, 7) is 0.652. The molecule has 0 saturated carbocycles. The second kappa shape index (κ2) is 8.16. The molecular formula is C23H20N2O4. The zero-order valence-corrected chi connectivity index (χ0v) is 15.7. The predicted octanol–water partition coefficient (Wildman–Crippen LogP) is 4.16. The molecule has 0 atom stereocenters. The van der Waals surface area contributed by atoms with Crippen molar-refractivity contribution >= 4 is 16.9 Å². The zero-order valence-electron chi connectivity index (χ0n) is 15.7. The van der Waals surface area contributed by atoms with E-state index in [1.807, 2.05) is 42.5 Å². The smallest absolute Gasteiger partial charge is 0.307 e. The van der Waals surface area contributed by atoms with Gasteiger partial charge >= 0.3 is 5.97 Å². The van der Waals surface area contributed by atoms with Crippen LogP contribution in [0.25, 0.3) is 22.2 Å².